The van der Waals surface area contributed by atoms with Crippen molar-refractivity contribution in [1.29, 1.82) is 0 Å². The molecule has 0 aliphatic carbocycles. The Morgan fingerprint density at radius 3 is 1.81 bits per heavy atom. The van der Waals surface area contributed by atoms with Crippen molar-refractivity contribution in [2.75, 3.05) is 20.3 Å². The fourth-order valence-corrected chi connectivity index (χ4v) is 2.21. The Kier molecular flexibility index (Phi) is 10.4. The molecule has 0 aromatic heterocycles. The molecule has 7 nitrogen and oxygen atoms in total. The average Bonchev–Trinajstić information content (AvgIpc) is 2.67. The molecule has 1 aromatic carbocycles. The molecule has 0 unspecified atom stereocenters. The number of carbonyl (C=O) groups excluding carboxylic acids is 4. The molecule has 0 saturated heterocycles. The van der Waals surface area contributed by atoms with Gasteiger partial charge in [-0.15, -0.1) is 0 Å². The summed E-state index contributed by atoms with van der Waals surface area (Å²) in [6, 6.07) is 6.00. The highest BCUT2D eigenvalue weighted by molar-refractivity contribution is 5.93. The monoisotopic (exact) mass is 378 g/mol. The molecular weight excluding hydrogens is 352 g/mol. The summed E-state index contributed by atoms with van der Waals surface area (Å²) in [5, 5.41) is 0. The maximum absolute atomic E-state index is 11.9. The van der Waals surface area contributed by atoms with Crippen molar-refractivity contribution in [3.05, 3.63) is 35.4 Å². The zero-order chi connectivity index (χ0) is 20.1. The lowest BCUT2D eigenvalue weighted by atomic mass is 10.1. The molecule has 0 radical (unpaired) electrons. The summed E-state index contributed by atoms with van der Waals surface area (Å²) in [7, 11) is 1.29. The molecular formula is C20H26O7. The zero-order valence-electron chi connectivity index (χ0n) is 15.8. The van der Waals surface area contributed by atoms with Crippen molar-refractivity contribution in [2.45, 2.75) is 45.4 Å². The van der Waals surface area contributed by atoms with Gasteiger partial charge in [-0.1, -0.05) is 0 Å². The van der Waals surface area contributed by atoms with Gasteiger partial charge in [0.2, 0.25) is 0 Å². The Balaban J connectivity index is 2.12. The molecule has 0 spiro atoms. The number of esters is 3. The number of benzene rings is 1. The molecule has 0 aliphatic rings. The number of hydrogen-bond acceptors (Lipinski definition) is 7. The van der Waals surface area contributed by atoms with Crippen molar-refractivity contribution < 1.29 is 33.4 Å². The van der Waals surface area contributed by atoms with Crippen LogP contribution in [0.3, 0.4) is 0 Å². The Bertz CT molecular complexity index is 634. The summed E-state index contributed by atoms with van der Waals surface area (Å²) in [6.45, 7) is 2.02. The second kappa shape index (κ2) is 12.6. The number of rotatable bonds is 12. The van der Waals surface area contributed by atoms with E-state index in [1.807, 2.05) is 0 Å². The van der Waals surface area contributed by atoms with Gasteiger partial charge in [-0.2, -0.15) is 0 Å². The average molecular weight is 378 g/mol. The lowest BCUT2D eigenvalue weighted by Gasteiger charge is -2.07. The number of unbranched alkanes of at least 4 members (excludes halogenated alkanes) is 2. The predicted octanol–water partition coefficient (Wildman–Crippen LogP) is 3.10. The number of methoxy groups -OCH3 is 1. The first-order valence-corrected chi connectivity index (χ1v) is 8.94. The molecule has 27 heavy (non-hydrogen) atoms. The van der Waals surface area contributed by atoms with E-state index in [0.717, 1.165) is 0 Å². The molecule has 0 bridgehead atoms. The number of ketones is 1. The molecule has 0 heterocycles. The van der Waals surface area contributed by atoms with E-state index in [1.165, 1.54) is 38.3 Å². The highest BCUT2D eigenvalue weighted by Crippen LogP contribution is 2.08. The molecule has 0 atom stereocenters. The molecule has 1 rings (SSSR count). The Morgan fingerprint density at radius 2 is 1.26 bits per heavy atom. The molecule has 0 N–H and O–H groups in total. The zero-order valence-corrected chi connectivity index (χ0v) is 15.8. The third-order valence-electron chi connectivity index (χ3n) is 3.74. The Hall–Kier alpha value is -2.70. The third kappa shape index (κ3) is 9.53. The van der Waals surface area contributed by atoms with E-state index in [2.05, 4.69) is 4.74 Å². The van der Waals surface area contributed by atoms with Crippen LogP contribution in [0.4, 0.5) is 0 Å². The largest absolute Gasteiger partial charge is 0.466 e. The van der Waals surface area contributed by atoms with Crippen LogP contribution >= 0.6 is 0 Å². The minimum atomic E-state index is -0.478. The van der Waals surface area contributed by atoms with E-state index in [9.17, 15) is 19.2 Å². The summed E-state index contributed by atoms with van der Waals surface area (Å²) in [5.41, 5.74) is 0.705. The van der Waals surface area contributed by atoms with Crippen LogP contribution < -0.4 is 0 Å². The molecule has 0 saturated carbocycles. The van der Waals surface area contributed by atoms with Crippen molar-refractivity contribution in [2.24, 2.45) is 0 Å². The van der Waals surface area contributed by atoms with Crippen LogP contribution in [0.2, 0.25) is 0 Å². The Labute approximate surface area is 159 Å². The fourth-order valence-electron chi connectivity index (χ4n) is 2.21. The molecule has 0 aliphatic heterocycles. The smallest absolute Gasteiger partial charge is 0.338 e. The highest BCUT2D eigenvalue weighted by atomic mass is 16.5. The lowest BCUT2D eigenvalue weighted by Crippen LogP contribution is -2.09. The normalized spacial score (nSPS) is 10.1. The molecule has 148 valence electrons. The highest BCUT2D eigenvalue weighted by Gasteiger charge is 2.10. The minimum Gasteiger partial charge on any atom is -0.466 e. The van der Waals surface area contributed by atoms with Crippen molar-refractivity contribution in [3.63, 3.8) is 0 Å². The van der Waals surface area contributed by atoms with E-state index in [4.69, 9.17) is 9.47 Å². The summed E-state index contributed by atoms with van der Waals surface area (Å²) in [4.78, 5) is 45.5. The maximum Gasteiger partial charge on any atom is 0.338 e. The standard InChI is InChI=1S/C20H26O7/c1-15(21)7-3-4-8-18(22)26-13-5-6-14-27-20(24)17-11-9-16(10-12-17)19(23)25-2/h9-12H,3-8,13-14H2,1-2H3. The van der Waals surface area contributed by atoms with E-state index in [0.29, 0.717) is 49.7 Å². The van der Waals surface area contributed by atoms with Gasteiger partial charge in [0, 0.05) is 12.8 Å². The SMILES string of the molecule is COC(=O)c1ccc(C(=O)OCCCCOC(=O)CCCCC(C)=O)cc1. The van der Waals surface area contributed by atoms with Gasteiger partial charge in [-0.3, -0.25) is 4.79 Å². The van der Waals surface area contributed by atoms with E-state index in [-0.39, 0.29) is 25.0 Å². The van der Waals surface area contributed by atoms with Crippen LogP contribution in [0.5, 0.6) is 0 Å². The van der Waals surface area contributed by atoms with Gasteiger partial charge in [0.1, 0.15) is 5.78 Å². The van der Waals surface area contributed by atoms with Crippen LogP contribution in [0, 0.1) is 0 Å². The van der Waals surface area contributed by atoms with Gasteiger partial charge in [0.05, 0.1) is 31.5 Å². The van der Waals surface area contributed by atoms with E-state index in [1.54, 1.807) is 0 Å². The fraction of sp³-hybridized carbons (Fsp3) is 0.500. The van der Waals surface area contributed by atoms with Crippen LogP contribution in [0.25, 0.3) is 0 Å². The van der Waals surface area contributed by atoms with Gasteiger partial charge >= 0.3 is 17.9 Å². The molecule has 1 aromatic rings. The summed E-state index contributed by atoms with van der Waals surface area (Å²) in [6.07, 6.45) is 3.30. The van der Waals surface area contributed by atoms with Gasteiger partial charge < -0.3 is 19.0 Å². The number of hydrogen-bond donors (Lipinski definition) is 0. The second-order valence-corrected chi connectivity index (χ2v) is 6.04. The van der Waals surface area contributed by atoms with Crippen LogP contribution in [-0.2, 0) is 23.8 Å². The van der Waals surface area contributed by atoms with Gasteiger partial charge in [0.15, 0.2) is 0 Å². The van der Waals surface area contributed by atoms with Crippen molar-refractivity contribution in [3.8, 4) is 0 Å². The first-order valence-electron chi connectivity index (χ1n) is 8.94. The van der Waals surface area contributed by atoms with Crippen LogP contribution in [0.15, 0.2) is 24.3 Å². The van der Waals surface area contributed by atoms with Gasteiger partial charge in [-0.05, 0) is 56.9 Å². The minimum absolute atomic E-state index is 0.123. The van der Waals surface area contributed by atoms with Crippen LogP contribution in [0.1, 0.15) is 66.2 Å². The molecule has 0 amide bonds. The molecule has 0 fully saturated rings. The maximum atomic E-state index is 11.9. The van der Waals surface area contributed by atoms with Gasteiger partial charge in [0.25, 0.3) is 0 Å². The van der Waals surface area contributed by atoms with E-state index >= 15 is 0 Å². The van der Waals surface area contributed by atoms with Crippen molar-refractivity contribution >= 4 is 23.7 Å². The predicted molar refractivity (Wildman–Crippen MR) is 97.4 cm³/mol. The topological polar surface area (TPSA) is 96.0 Å². The van der Waals surface area contributed by atoms with Crippen LogP contribution in [-0.4, -0.2) is 44.0 Å². The first kappa shape index (κ1) is 22.3. The Morgan fingerprint density at radius 1 is 0.741 bits per heavy atom. The first-order chi connectivity index (χ1) is 12.9. The summed E-state index contributed by atoms with van der Waals surface area (Å²) >= 11 is 0. The second-order valence-electron chi connectivity index (χ2n) is 6.04. The third-order valence-corrected chi connectivity index (χ3v) is 3.74. The van der Waals surface area contributed by atoms with Gasteiger partial charge in [-0.25, -0.2) is 9.59 Å². The lowest BCUT2D eigenvalue weighted by molar-refractivity contribution is -0.144. The quantitative estimate of drug-likeness (QED) is 0.313. The van der Waals surface area contributed by atoms with Crippen molar-refractivity contribution in [1.82, 2.24) is 0 Å². The molecule has 7 heteroatoms. The number of carbonyl (C=O) groups is 4. The number of ether oxygens (including phenoxy) is 3. The summed E-state index contributed by atoms with van der Waals surface area (Å²) < 4.78 is 14.8. The number of Topliss-reactive ketones (excluding diaryl/α,β-unsaturated/α-hetero) is 1. The summed E-state index contributed by atoms with van der Waals surface area (Å²) in [5.74, 6) is -1.10. The van der Waals surface area contributed by atoms with E-state index < -0.39 is 11.9 Å².